The molecule has 0 saturated heterocycles. The first-order valence-electron chi connectivity index (χ1n) is 9.23. The average Bonchev–Trinajstić information content (AvgIpc) is 2.62. The summed E-state index contributed by atoms with van der Waals surface area (Å²) in [6, 6.07) is 11.9. The van der Waals surface area contributed by atoms with Gasteiger partial charge < -0.3 is 0 Å². The zero-order valence-corrected chi connectivity index (χ0v) is 14.5. The Kier molecular flexibility index (Phi) is 5.65. The third-order valence-corrected chi connectivity index (χ3v) is 5.27. The van der Waals surface area contributed by atoms with Crippen LogP contribution in [0.4, 0.5) is 8.78 Å². The van der Waals surface area contributed by atoms with Gasteiger partial charge in [0.25, 0.3) is 0 Å². The number of rotatable bonds is 6. The van der Waals surface area contributed by atoms with Crippen molar-refractivity contribution >= 4 is 0 Å². The van der Waals surface area contributed by atoms with E-state index in [4.69, 9.17) is 0 Å². The molecule has 0 aliphatic heterocycles. The highest BCUT2D eigenvalue weighted by Crippen LogP contribution is 2.34. The van der Waals surface area contributed by atoms with Crippen molar-refractivity contribution in [3.63, 3.8) is 0 Å². The molecule has 2 heteroatoms. The standard InChI is InChI=1S/C22H26F2/c1-2-3-4-5-6-16-7-9-17(10-8-16)18-11-13-20-19(15-18)12-14-21(23)22(20)24/h7-10,12,14,18H,2-6,11,13,15H2,1H3. The highest BCUT2D eigenvalue weighted by atomic mass is 19.2. The minimum absolute atomic E-state index is 0.413. The Labute approximate surface area is 143 Å². The van der Waals surface area contributed by atoms with Crippen LogP contribution in [0.3, 0.4) is 0 Å². The minimum atomic E-state index is -0.723. The maximum atomic E-state index is 13.9. The van der Waals surface area contributed by atoms with Crippen LogP contribution in [-0.2, 0) is 19.3 Å². The average molecular weight is 328 g/mol. The fraction of sp³-hybridized carbons (Fsp3) is 0.455. The van der Waals surface area contributed by atoms with Gasteiger partial charge in [-0.3, -0.25) is 0 Å². The van der Waals surface area contributed by atoms with Crippen molar-refractivity contribution in [1.82, 2.24) is 0 Å². The highest BCUT2D eigenvalue weighted by molar-refractivity contribution is 5.36. The summed E-state index contributed by atoms with van der Waals surface area (Å²) in [5, 5.41) is 0. The largest absolute Gasteiger partial charge is 0.204 e. The molecule has 2 aromatic rings. The van der Waals surface area contributed by atoms with Crippen LogP contribution in [0, 0.1) is 11.6 Å². The summed E-state index contributed by atoms with van der Waals surface area (Å²) in [4.78, 5) is 0. The first-order chi connectivity index (χ1) is 11.7. The molecule has 0 heterocycles. The molecule has 1 atom stereocenters. The second kappa shape index (κ2) is 7.92. The predicted octanol–water partition coefficient (Wildman–Crippen LogP) is 6.36. The summed E-state index contributed by atoms with van der Waals surface area (Å²) in [7, 11) is 0. The van der Waals surface area contributed by atoms with Crippen LogP contribution in [0.15, 0.2) is 36.4 Å². The molecule has 0 aromatic heterocycles. The summed E-state index contributed by atoms with van der Waals surface area (Å²) in [6.07, 6.45) is 8.63. The van der Waals surface area contributed by atoms with Gasteiger partial charge >= 0.3 is 0 Å². The van der Waals surface area contributed by atoms with Crippen LogP contribution in [0.1, 0.15) is 67.2 Å². The number of aryl methyl sites for hydroxylation is 1. The van der Waals surface area contributed by atoms with Crippen molar-refractivity contribution < 1.29 is 8.78 Å². The number of halogens is 2. The van der Waals surface area contributed by atoms with E-state index in [1.165, 1.54) is 42.9 Å². The van der Waals surface area contributed by atoms with Gasteiger partial charge in [-0.05, 0) is 66.3 Å². The molecule has 0 bridgehead atoms. The lowest BCUT2D eigenvalue weighted by atomic mass is 9.80. The van der Waals surface area contributed by atoms with Crippen molar-refractivity contribution in [3.8, 4) is 0 Å². The summed E-state index contributed by atoms with van der Waals surface area (Å²) >= 11 is 0. The van der Waals surface area contributed by atoms with Crippen molar-refractivity contribution in [2.75, 3.05) is 0 Å². The lowest BCUT2D eigenvalue weighted by Crippen LogP contribution is -2.15. The lowest BCUT2D eigenvalue weighted by Gasteiger charge is -2.25. The quantitative estimate of drug-likeness (QED) is 0.541. The van der Waals surface area contributed by atoms with Crippen molar-refractivity contribution in [2.45, 2.75) is 64.2 Å². The van der Waals surface area contributed by atoms with Gasteiger partial charge in [0.2, 0.25) is 0 Å². The molecule has 0 amide bonds. The monoisotopic (exact) mass is 328 g/mol. The van der Waals surface area contributed by atoms with Crippen molar-refractivity contribution in [1.29, 1.82) is 0 Å². The Morgan fingerprint density at radius 3 is 2.50 bits per heavy atom. The van der Waals surface area contributed by atoms with Crippen LogP contribution in [0.25, 0.3) is 0 Å². The number of benzene rings is 2. The van der Waals surface area contributed by atoms with Gasteiger partial charge in [0, 0.05) is 0 Å². The van der Waals surface area contributed by atoms with E-state index in [1.54, 1.807) is 6.07 Å². The molecular weight excluding hydrogens is 302 g/mol. The SMILES string of the molecule is CCCCCCc1ccc(C2CCc3c(ccc(F)c3F)C2)cc1. The van der Waals surface area contributed by atoms with E-state index in [0.717, 1.165) is 24.8 Å². The number of unbranched alkanes of at least 4 members (excludes halogenated alkanes) is 3. The second-order valence-corrected chi connectivity index (χ2v) is 6.99. The molecule has 1 unspecified atom stereocenters. The van der Waals surface area contributed by atoms with E-state index in [2.05, 4.69) is 31.2 Å². The topological polar surface area (TPSA) is 0 Å². The van der Waals surface area contributed by atoms with E-state index >= 15 is 0 Å². The lowest BCUT2D eigenvalue weighted by molar-refractivity contribution is 0.478. The second-order valence-electron chi connectivity index (χ2n) is 6.99. The maximum Gasteiger partial charge on any atom is 0.162 e. The van der Waals surface area contributed by atoms with E-state index in [1.807, 2.05) is 0 Å². The Morgan fingerprint density at radius 1 is 0.958 bits per heavy atom. The van der Waals surface area contributed by atoms with Gasteiger partial charge in [-0.25, -0.2) is 8.78 Å². The van der Waals surface area contributed by atoms with E-state index in [0.29, 0.717) is 17.9 Å². The molecular formula is C22H26F2. The Balaban J connectivity index is 1.64. The molecule has 24 heavy (non-hydrogen) atoms. The Morgan fingerprint density at radius 2 is 1.75 bits per heavy atom. The van der Waals surface area contributed by atoms with Gasteiger partial charge in [-0.1, -0.05) is 56.5 Å². The van der Waals surface area contributed by atoms with Crippen LogP contribution in [0.5, 0.6) is 0 Å². The fourth-order valence-corrected chi connectivity index (χ4v) is 3.78. The fourth-order valence-electron chi connectivity index (χ4n) is 3.78. The zero-order valence-electron chi connectivity index (χ0n) is 14.5. The van der Waals surface area contributed by atoms with E-state index < -0.39 is 11.6 Å². The first-order valence-corrected chi connectivity index (χ1v) is 9.23. The number of hydrogen-bond donors (Lipinski definition) is 0. The normalized spacial score (nSPS) is 16.9. The van der Waals surface area contributed by atoms with Crippen LogP contribution in [0.2, 0.25) is 0 Å². The number of hydrogen-bond acceptors (Lipinski definition) is 0. The Hall–Kier alpha value is -1.70. The minimum Gasteiger partial charge on any atom is -0.204 e. The maximum absolute atomic E-state index is 13.9. The molecule has 0 fully saturated rings. The van der Waals surface area contributed by atoms with Gasteiger partial charge in [0.05, 0.1) is 0 Å². The van der Waals surface area contributed by atoms with E-state index in [-0.39, 0.29) is 0 Å². The third kappa shape index (κ3) is 3.85. The molecule has 3 rings (SSSR count). The molecule has 0 nitrogen and oxygen atoms in total. The molecule has 0 saturated carbocycles. The molecule has 0 N–H and O–H groups in total. The van der Waals surface area contributed by atoms with Gasteiger partial charge in [-0.2, -0.15) is 0 Å². The molecule has 2 aromatic carbocycles. The van der Waals surface area contributed by atoms with Crippen LogP contribution < -0.4 is 0 Å². The smallest absolute Gasteiger partial charge is 0.162 e. The molecule has 128 valence electrons. The summed E-state index contributed by atoms with van der Waals surface area (Å²) in [5.41, 5.74) is 4.27. The summed E-state index contributed by atoms with van der Waals surface area (Å²) in [5.74, 6) is -0.954. The predicted molar refractivity (Wildman–Crippen MR) is 95.4 cm³/mol. The van der Waals surface area contributed by atoms with Gasteiger partial charge in [0.1, 0.15) is 0 Å². The Bertz CT molecular complexity index is 673. The first kappa shape index (κ1) is 17.1. The van der Waals surface area contributed by atoms with Crippen LogP contribution in [-0.4, -0.2) is 0 Å². The molecule has 0 radical (unpaired) electrons. The highest BCUT2D eigenvalue weighted by Gasteiger charge is 2.23. The van der Waals surface area contributed by atoms with E-state index in [9.17, 15) is 8.78 Å². The molecule has 0 spiro atoms. The summed E-state index contributed by atoms with van der Waals surface area (Å²) < 4.78 is 27.2. The summed E-state index contributed by atoms with van der Waals surface area (Å²) in [6.45, 7) is 2.23. The molecule has 1 aliphatic carbocycles. The molecule has 1 aliphatic rings. The van der Waals surface area contributed by atoms with Crippen molar-refractivity contribution in [3.05, 3.63) is 70.3 Å². The third-order valence-electron chi connectivity index (χ3n) is 5.27. The number of fused-ring (bicyclic) bond motifs is 1. The van der Waals surface area contributed by atoms with Gasteiger partial charge in [-0.15, -0.1) is 0 Å². The van der Waals surface area contributed by atoms with Gasteiger partial charge in [0.15, 0.2) is 11.6 Å². The zero-order chi connectivity index (χ0) is 16.9. The van der Waals surface area contributed by atoms with Crippen LogP contribution >= 0.6 is 0 Å². The van der Waals surface area contributed by atoms with Crippen molar-refractivity contribution in [2.24, 2.45) is 0 Å².